The Morgan fingerprint density at radius 2 is 1.51 bits per heavy atom. The van der Waals surface area contributed by atoms with Crippen molar-refractivity contribution in [3.05, 3.63) is 130 Å². The minimum Gasteiger partial charge on any atom is -0.354 e. The summed E-state index contributed by atoms with van der Waals surface area (Å²) in [5.41, 5.74) is 3.46. The Morgan fingerprint density at radius 3 is 2.18 bits per heavy atom. The minimum atomic E-state index is -4.17. The normalized spacial score (nSPS) is 11.9. The third kappa shape index (κ3) is 8.74. The maximum atomic E-state index is 14.6. The summed E-state index contributed by atoms with van der Waals surface area (Å²) < 4.78 is 29.5. The lowest BCUT2D eigenvalue weighted by atomic mass is 10.0. The summed E-state index contributed by atoms with van der Waals surface area (Å²) in [5, 5.41) is 3.45. The molecule has 0 bridgehead atoms. The molecule has 0 saturated heterocycles. The molecule has 2 amide bonds. The molecular weight excluding hydrogens is 606 g/mol. The summed E-state index contributed by atoms with van der Waals surface area (Å²) in [6.07, 6.45) is 1.93. The number of benzene rings is 4. The van der Waals surface area contributed by atoms with Gasteiger partial charge in [0, 0.05) is 24.5 Å². The second-order valence-electron chi connectivity index (χ2n) is 11.1. The van der Waals surface area contributed by atoms with E-state index in [1.807, 2.05) is 69.3 Å². The van der Waals surface area contributed by atoms with Crippen molar-refractivity contribution in [2.75, 3.05) is 17.4 Å². The lowest BCUT2D eigenvalue weighted by molar-refractivity contribution is -0.140. The van der Waals surface area contributed by atoms with Gasteiger partial charge < -0.3 is 10.2 Å². The first-order chi connectivity index (χ1) is 21.6. The van der Waals surface area contributed by atoms with Gasteiger partial charge in [0.2, 0.25) is 11.8 Å². The number of sulfonamides is 1. The van der Waals surface area contributed by atoms with Gasteiger partial charge in [-0.3, -0.25) is 13.9 Å². The lowest BCUT2D eigenvalue weighted by Gasteiger charge is -2.34. The number of nitrogens with one attached hydrogen (secondary N) is 1. The Bertz CT molecular complexity index is 1700. The van der Waals surface area contributed by atoms with E-state index in [0.717, 1.165) is 28.3 Å². The Kier molecular flexibility index (Phi) is 11.8. The molecule has 4 rings (SSSR count). The average molecular weight is 646 g/mol. The van der Waals surface area contributed by atoms with E-state index in [2.05, 4.69) is 5.32 Å². The number of unbranched alkanes of at least 4 members (excludes halogenated alkanes) is 1. The fraction of sp³-hybridized carbons (Fsp3) is 0.278. The number of carbonyl (C=O) groups excluding carboxylic acids is 2. The summed E-state index contributed by atoms with van der Waals surface area (Å²) in [5.74, 6) is -0.834. The van der Waals surface area contributed by atoms with Gasteiger partial charge in [0.1, 0.15) is 12.6 Å². The molecule has 0 aliphatic rings. The van der Waals surface area contributed by atoms with E-state index in [-0.39, 0.29) is 23.8 Å². The van der Waals surface area contributed by atoms with Crippen LogP contribution in [0.5, 0.6) is 0 Å². The topological polar surface area (TPSA) is 86.8 Å². The van der Waals surface area contributed by atoms with Crippen LogP contribution in [0.3, 0.4) is 0 Å². The Labute approximate surface area is 271 Å². The summed E-state index contributed by atoms with van der Waals surface area (Å²) in [6.45, 7) is 5.69. The molecule has 0 aromatic heterocycles. The highest BCUT2D eigenvalue weighted by atomic mass is 35.5. The van der Waals surface area contributed by atoms with Crippen molar-refractivity contribution in [3.8, 4) is 0 Å². The van der Waals surface area contributed by atoms with E-state index in [1.54, 1.807) is 42.5 Å². The van der Waals surface area contributed by atoms with Crippen LogP contribution in [-0.4, -0.2) is 44.3 Å². The number of nitrogens with zero attached hydrogens (tertiary/aromatic N) is 2. The molecule has 4 aromatic rings. The molecule has 0 unspecified atom stereocenters. The molecular formula is C36H40ClN3O4S. The fourth-order valence-corrected chi connectivity index (χ4v) is 6.78. The molecule has 0 aliphatic heterocycles. The zero-order chi connectivity index (χ0) is 32.4. The summed E-state index contributed by atoms with van der Waals surface area (Å²) in [4.78, 5) is 30.0. The SMILES string of the molecule is CCCCNC(=O)[C@H](Cc1ccccc1)N(Cc1ccccc1Cl)C(=O)CN(c1cc(C)ccc1C)S(=O)(=O)c1ccccc1. The second-order valence-corrected chi connectivity index (χ2v) is 13.3. The number of hydrogen-bond donors (Lipinski definition) is 1. The van der Waals surface area contributed by atoms with Gasteiger partial charge in [-0.25, -0.2) is 8.42 Å². The highest BCUT2D eigenvalue weighted by molar-refractivity contribution is 7.92. The van der Waals surface area contributed by atoms with Crippen molar-refractivity contribution in [1.29, 1.82) is 0 Å². The summed E-state index contributed by atoms with van der Waals surface area (Å²) in [6, 6.07) is 29.3. The van der Waals surface area contributed by atoms with E-state index in [0.29, 0.717) is 28.4 Å². The number of amides is 2. The number of aryl methyl sites for hydroxylation is 2. The van der Waals surface area contributed by atoms with E-state index < -0.39 is 28.5 Å². The smallest absolute Gasteiger partial charge is 0.264 e. The number of anilines is 1. The van der Waals surface area contributed by atoms with Crippen LogP contribution in [0.25, 0.3) is 0 Å². The molecule has 0 fully saturated rings. The predicted molar refractivity (Wildman–Crippen MR) is 181 cm³/mol. The van der Waals surface area contributed by atoms with Crippen molar-refractivity contribution in [2.45, 2.75) is 57.5 Å². The third-order valence-corrected chi connectivity index (χ3v) is 9.79. The molecule has 7 nitrogen and oxygen atoms in total. The number of rotatable bonds is 14. The number of halogens is 1. The first-order valence-electron chi connectivity index (χ1n) is 15.1. The molecule has 9 heteroatoms. The summed E-state index contributed by atoms with van der Waals surface area (Å²) in [7, 11) is -4.17. The van der Waals surface area contributed by atoms with E-state index >= 15 is 0 Å². The first kappa shape index (κ1) is 33.7. The fourth-order valence-electron chi connectivity index (χ4n) is 5.09. The monoisotopic (exact) mass is 645 g/mol. The molecule has 0 radical (unpaired) electrons. The summed E-state index contributed by atoms with van der Waals surface area (Å²) >= 11 is 6.57. The average Bonchev–Trinajstić information content (AvgIpc) is 3.04. The zero-order valence-corrected chi connectivity index (χ0v) is 27.5. The van der Waals surface area contributed by atoms with Crippen LogP contribution in [0.15, 0.2) is 108 Å². The highest BCUT2D eigenvalue weighted by Gasteiger charge is 2.35. The Balaban J connectivity index is 1.82. The number of carbonyl (C=O) groups is 2. The van der Waals surface area contributed by atoms with Crippen molar-refractivity contribution < 1.29 is 18.0 Å². The molecule has 236 valence electrons. The van der Waals surface area contributed by atoms with Crippen LogP contribution in [0, 0.1) is 13.8 Å². The molecule has 1 N–H and O–H groups in total. The van der Waals surface area contributed by atoms with Gasteiger partial charge in [-0.1, -0.05) is 104 Å². The van der Waals surface area contributed by atoms with Gasteiger partial charge in [0.05, 0.1) is 10.6 Å². The Morgan fingerprint density at radius 1 is 0.867 bits per heavy atom. The van der Waals surface area contributed by atoms with Crippen LogP contribution in [0.2, 0.25) is 5.02 Å². The zero-order valence-electron chi connectivity index (χ0n) is 25.9. The van der Waals surface area contributed by atoms with Crippen LogP contribution < -0.4 is 9.62 Å². The maximum Gasteiger partial charge on any atom is 0.264 e. The lowest BCUT2D eigenvalue weighted by Crippen LogP contribution is -2.53. The maximum absolute atomic E-state index is 14.6. The molecule has 4 aromatic carbocycles. The van der Waals surface area contributed by atoms with E-state index in [4.69, 9.17) is 11.6 Å². The quantitative estimate of drug-likeness (QED) is 0.155. The predicted octanol–water partition coefficient (Wildman–Crippen LogP) is 6.71. The van der Waals surface area contributed by atoms with E-state index in [1.165, 1.54) is 17.0 Å². The van der Waals surface area contributed by atoms with Crippen molar-refractivity contribution >= 4 is 39.1 Å². The van der Waals surface area contributed by atoms with E-state index in [9.17, 15) is 18.0 Å². The van der Waals surface area contributed by atoms with Crippen molar-refractivity contribution in [1.82, 2.24) is 10.2 Å². The second kappa shape index (κ2) is 15.7. The highest BCUT2D eigenvalue weighted by Crippen LogP contribution is 2.29. The van der Waals surface area contributed by atoms with Gasteiger partial charge in [-0.05, 0) is 66.8 Å². The van der Waals surface area contributed by atoms with Crippen molar-refractivity contribution in [3.63, 3.8) is 0 Å². The van der Waals surface area contributed by atoms with Crippen LogP contribution in [-0.2, 0) is 32.6 Å². The molecule has 1 atom stereocenters. The largest absolute Gasteiger partial charge is 0.354 e. The first-order valence-corrected chi connectivity index (χ1v) is 16.9. The van der Waals surface area contributed by atoms with Gasteiger partial charge in [-0.2, -0.15) is 0 Å². The Hall–Kier alpha value is -4.14. The van der Waals surface area contributed by atoms with Gasteiger partial charge >= 0.3 is 0 Å². The van der Waals surface area contributed by atoms with Gasteiger partial charge in [0.15, 0.2) is 0 Å². The van der Waals surface area contributed by atoms with Crippen LogP contribution in [0.1, 0.15) is 42.0 Å². The van der Waals surface area contributed by atoms with Crippen LogP contribution in [0.4, 0.5) is 5.69 Å². The molecule has 0 heterocycles. The third-order valence-electron chi connectivity index (χ3n) is 7.64. The molecule has 45 heavy (non-hydrogen) atoms. The minimum absolute atomic E-state index is 0.0171. The molecule has 0 saturated carbocycles. The van der Waals surface area contributed by atoms with Gasteiger partial charge in [0.25, 0.3) is 10.0 Å². The van der Waals surface area contributed by atoms with Crippen LogP contribution >= 0.6 is 11.6 Å². The molecule has 0 aliphatic carbocycles. The number of hydrogen-bond acceptors (Lipinski definition) is 4. The standard InChI is InChI=1S/C36H40ClN3O4S/c1-4-5-22-38-36(42)34(24-29-14-8-6-9-15-29)39(25-30-16-12-13-19-32(30)37)35(41)26-40(33-23-27(2)20-21-28(33)3)45(43,44)31-17-10-7-11-18-31/h6-21,23,34H,4-5,22,24-26H2,1-3H3,(H,38,42)/t34-/m0/s1. The molecule has 0 spiro atoms. The van der Waals surface area contributed by atoms with Crippen molar-refractivity contribution in [2.24, 2.45) is 0 Å². The van der Waals surface area contributed by atoms with Gasteiger partial charge in [-0.15, -0.1) is 0 Å².